The van der Waals surface area contributed by atoms with E-state index in [1.807, 2.05) is 0 Å². The van der Waals surface area contributed by atoms with E-state index in [0.29, 0.717) is 21.8 Å². The summed E-state index contributed by atoms with van der Waals surface area (Å²) >= 11 is 11.8. The van der Waals surface area contributed by atoms with Crippen LogP contribution in [0.4, 0.5) is 5.69 Å². The third kappa shape index (κ3) is 3.68. The number of carbonyl (C=O) groups excluding carboxylic acids is 1. The van der Waals surface area contributed by atoms with Crippen molar-refractivity contribution < 1.29 is 15.0 Å². The van der Waals surface area contributed by atoms with Gasteiger partial charge in [-0.25, -0.2) is 4.98 Å². The Morgan fingerprint density at radius 2 is 1.76 bits per heavy atom. The minimum Gasteiger partial charge on any atom is -0.507 e. The lowest BCUT2D eigenvalue weighted by Crippen LogP contribution is -2.13. The fourth-order valence-electron chi connectivity index (χ4n) is 2.35. The molecule has 25 heavy (non-hydrogen) atoms. The molecule has 3 aromatic rings. The molecule has 126 valence electrons. The van der Waals surface area contributed by atoms with E-state index in [0.717, 1.165) is 6.20 Å². The maximum absolute atomic E-state index is 12.5. The quantitative estimate of drug-likeness (QED) is 0.579. The monoisotopic (exact) mass is 374 g/mol. The Kier molecular flexibility index (Phi) is 4.79. The van der Waals surface area contributed by atoms with Crippen molar-refractivity contribution in [3.05, 3.63) is 70.5 Å². The van der Waals surface area contributed by atoms with E-state index in [-0.39, 0.29) is 22.2 Å². The molecule has 7 heteroatoms. The largest absolute Gasteiger partial charge is 0.507 e. The van der Waals surface area contributed by atoms with Crippen LogP contribution in [0.15, 0.2) is 54.7 Å². The van der Waals surface area contributed by atoms with E-state index in [2.05, 4.69) is 10.3 Å². The molecule has 3 rings (SSSR count). The van der Waals surface area contributed by atoms with Gasteiger partial charge in [-0.15, -0.1) is 0 Å². The van der Waals surface area contributed by atoms with Crippen LogP contribution in [0.1, 0.15) is 10.4 Å². The summed E-state index contributed by atoms with van der Waals surface area (Å²) in [6.45, 7) is 0. The highest BCUT2D eigenvalue weighted by Gasteiger charge is 2.16. The molecular formula is C18H12Cl2N2O3. The number of nitrogens with zero attached hydrogens (tertiary/aromatic N) is 1. The Morgan fingerprint density at radius 3 is 2.52 bits per heavy atom. The third-order valence-electron chi connectivity index (χ3n) is 3.49. The number of benzene rings is 2. The summed E-state index contributed by atoms with van der Waals surface area (Å²) in [6, 6.07) is 12.9. The molecular weight excluding hydrogens is 363 g/mol. The first-order valence-corrected chi connectivity index (χ1v) is 7.95. The Morgan fingerprint density at radius 1 is 1.00 bits per heavy atom. The van der Waals surface area contributed by atoms with Gasteiger partial charge in [-0.3, -0.25) is 4.79 Å². The Bertz CT molecular complexity index is 961. The number of halogens is 2. The number of aromatic nitrogens is 1. The predicted molar refractivity (Wildman–Crippen MR) is 97.4 cm³/mol. The van der Waals surface area contributed by atoms with Crippen molar-refractivity contribution in [3.8, 4) is 22.6 Å². The molecule has 0 aliphatic heterocycles. The molecule has 1 amide bonds. The van der Waals surface area contributed by atoms with E-state index >= 15 is 0 Å². The van der Waals surface area contributed by atoms with Gasteiger partial charge in [-0.05, 0) is 30.3 Å². The van der Waals surface area contributed by atoms with Crippen molar-refractivity contribution in [2.45, 2.75) is 0 Å². The lowest BCUT2D eigenvalue weighted by molar-refractivity contribution is 0.102. The standard InChI is InChI=1S/C18H12Cl2N2O3/c19-10-5-6-13(16(24)7-10)12-3-1-2-4-15(12)22-18(25)14-8-11(23)9-21-17(14)20/h1-9,23-24H,(H,22,25). The predicted octanol–water partition coefficient (Wildman–Crippen LogP) is 4.72. The number of carbonyl (C=O) groups is 1. The smallest absolute Gasteiger partial charge is 0.258 e. The molecule has 0 saturated heterocycles. The van der Waals surface area contributed by atoms with Crippen molar-refractivity contribution in [3.63, 3.8) is 0 Å². The van der Waals surface area contributed by atoms with E-state index in [1.54, 1.807) is 36.4 Å². The first kappa shape index (κ1) is 17.1. The van der Waals surface area contributed by atoms with Gasteiger partial charge in [0.1, 0.15) is 16.7 Å². The second-order valence-corrected chi connectivity index (χ2v) is 5.99. The average Bonchev–Trinajstić information content (AvgIpc) is 2.58. The molecule has 0 aliphatic carbocycles. The summed E-state index contributed by atoms with van der Waals surface area (Å²) in [5.74, 6) is -0.710. The minimum absolute atomic E-state index is 0.00810. The maximum Gasteiger partial charge on any atom is 0.258 e. The molecule has 0 unspecified atom stereocenters. The van der Waals surface area contributed by atoms with Crippen LogP contribution in [0, 0.1) is 0 Å². The maximum atomic E-state index is 12.5. The number of hydrogen-bond acceptors (Lipinski definition) is 4. The van der Waals surface area contributed by atoms with Crippen molar-refractivity contribution >= 4 is 34.8 Å². The molecule has 5 nitrogen and oxygen atoms in total. The summed E-state index contributed by atoms with van der Waals surface area (Å²) in [7, 11) is 0. The van der Waals surface area contributed by atoms with Crippen LogP contribution < -0.4 is 5.32 Å². The van der Waals surface area contributed by atoms with Gasteiger partial charge in [0.05, 0.1) is 11.8 Å². The molecule has 0 spiro atoms. The number of hydrogen-bond donors (Lipinski definition) is 3. The zero-order chi connectivity index (χ0) is 18.0. The summed E-state index contributed by atoms with van der Waals surface area (Å²) in [5.41, 5.74) is 1.62. The topological polar surface area (TPSA) is 82.5 Å². The van der Waals surface area contributed by atoms with E-state index in [1.165, 1.54) is 12.1 Å². The lowest BCUT2D eigenvalue weighted by Gasteiger charge is -2.13. The number of aromatic hydroxyl groups is 2. The van der Waals surface area contributed by atoms with Gasteiger partial charge in [0.15, 0.2) is 0 Å². The molecule has 0 atom stereocenters. The summed E-state index contributed by atoms with van der Waals surface area (Å²) < 4.78 is 0. The number of phenolic OH excluding ortho intramolecular Hbond substituents is 1. The van der Waals surface area contributed by atoms with Crippen LogP contribution in [-0.2, 0) is 0 Å². The fourth-order valence-corrected chi connectivity index (χ4v) is 2.70. The number of para-hydroxylation sites is 1. The van der Waals surface area contributed by atoms with Gasteiger partial charge < -0.3 is 15.5 Å². The zero-order valence-electron chi connectivity index (χ0n) is 12.7. The molecule has 3 N–H and O–H groups in total. The molecule has 0 fully saturated rings. The molecule has 1 heterocycles. The van der Waals surface area contributed by atoms with Crippen LogP contribution in [0.25, 0.3) is 11.1 Å². The van der Waals surface area contributed by atoms with Crippen LogP contribution in [0.2, 0.25) is 10.2 Å². The van der Waals surface area contributed by atoms with Gasteiger partial charge in [-0.1, -0.05) is 41.4 Å². The summed E-state index contributed by atoms with van der Waals surface area (Å²) in [6.07, 6.45) is 1.15. The number of anilines is 1. The van der Waals surface area contributed by atoms with Crippen molar-refractivity contribution in [2.75, 3.05) is 5.32 Å². The van der Waals surface area contributed by atoms with Crippen LogP contribution in [-0.4, -0.2) is 21.1 Å². The normalized spacial score (nSPS) is 10.5. The van der Waals surface area contributed by atoms with E-state index in [4.69, 9.17) is 23.2 Å². The summed E-state index contributed by atoms with van der Waals surface area (Å²) in [5, 5.41) is 22.7. The Labute approximate surface area is 153 Å². The van der Waals surface area contributed by atoms with Gasteiger partial charge in [0.2, 0.25) is 0 Å². The Hall–Kier alpha value is -2.76. The van der Waals surface area contributed by atoms with E-state index in [9.17, 15) is 15.0 Å². The highest BCUT2D eigenvalue weighted by molar-refractivity contribution is 6.33. The number of amides is 1. The Balaban J connectivity index is 1.99. The zero-order valence-corrected chi connectivity index (χ0v) is 14.2. The van der Waals surface area contributed by atoms with Gasteiger partial charge >= 0.3 is 0 Å². The lowest BCUT2D eigenvalue weighted by atomic mass is 10.0. The molecule has 0 saturated carbocycles. The van der Waals surface area contributed by atoms with Gasteiger partial charge in [0, 0.05) is 21.8 Å². The number of nitrogens with one attached hydrogen (secondary N) is 1. The second-order valence-electron chi connectivity index (χ2n) is 5.19. The number of rotatable bonds is 3. The average molecular weight is 375 g/mol. The van der Waals surface area contributed by atoms with Crippen LogP contribution in [0.3, 0.4) is 0 Å². The third-order valence-corrected chi connectivity index (χ3v) is 4.03. The fraction of sp³-hybridized carbons (Fsp3) is 0. The molecule has 1 aromatic heterocycles. The summed E-state index contributed by atoms with van der Waals surface area (Å²) in [4.78, 5) is 16.2. The molecule has 2 aromatic carbocycles. The van der Waals surface area contributed by atoms with Crippen molar-refractivity contribution in [1.82, 2.24) is 4.98 Å². The molecule has 0 bridgehead atoms. The van der Waals surface area contributed by atoms with Crippen LogP contribution >= 0.6 is 23.2 Å². The molecule has 0 aliphatic rings. The van der Waals surface area contributed by atoms with Crippen molar-refractivity contribution in [1.29, 1.82) is 0 Å². The van der Waals surface area contributed by atoms with Crippen LogP contribution in [0.5, 0.6) is 11.5 Å². The van der Waals surface area contributed by atoms with Gasteiger partial charge in [-0.2, -0.15) is 0 Å². The first-order valence-electron chi connectivity index (χ1n) is 7.19. The number of pyridine rings is 1. The van der Waals surface area contributed by atoms with E-state index < -0.39 is 5.91 Å². The highest BCUT2D eigenvalue weighted by Crippen LogP contribution is 2.36. The SMILES string of the molecule is O=C(Nc1ccccc1-c1ccc(Cl)cc1O)c1cc(O)cnc1Cl. The second kappa shape index (κ2) is 7.01. The highest BCUT2D eigenvalue weighted by atomic mass is 35.5. The number of phenols is 1. The first-order chi connectivity index (χ1) is 12.0. The van der Waals surface area contributed by atoms with Crippen molar-refractivity contribution in [2.24, 2.45) is 0 Å². The molecule has 0 radical (unpaired) electrons. The van der Waals surface area contributed by atoms with Gasteiger partial charge in [0.25, 0.3) is 5.91 Å². The minimum atomic E-state index is -0.533.